The average molecular weight is 277 g/mol. The number of hydrogen-bond acceptors (Lipinski definition) is 1. The van der Waals surface area contributed by atoms with E-state index >= 15 is 0 Å². The number of alkyl halides is 3. The summed E-state index contributed by atoms with van der Waals surface area (Å²) in [5.41, 5.74) is 1.22. The Morgan fingerprint density at radius 2 is 1.55 bits per heavy atom. The van der Waals surface area contributed by atoms with Gasteiger partial charge in [-0.25, -0.2) is 0 Å². The molecule has 0 aliphatic heterocycles. The standard InChI is InChI=1S/C16H14F3N/c17-16(18,19)15-8-6-14(7-9-15)12-20-11-10-13-4-2-1-3-5-13/h1-9,12H,10-11H2. The van der Waals surface area contributed by atoms with Crippen LogP contribution in [0.3, 0.4) is 0 Å². The normalized spacial score (nSPS) is 11.9. The molecule has 0 aromatic heterocycles. The summed E-state index contributed by atoms with van der Waals surface area (Å²) < 4.78 is 37.1. The summed E-state index contributed by atoms with van der Waals surface area (Å²) in [6.07, 6.45) is -1.87. The van der Waals surface area contributed by atoms with Crippen LogP contribution in [0.25, 0.3) is 0 Å². The molecule has 0 saturated heterocycles. The van der Waals surface area contributed by atoms with Crippen LogP contribution in [-0.2, 0) is 12.6 Å². The van der Waals surface area contributed by atoms with Gasteiger partial charge < -0.3 is 0 Å². The summed E-state index contributed by atoms with van der Waals surface area (Å²) in [5, 5.41) is 0. The maximum atomic E-state index is 12.4. The number of halogens is 3. The van der Waals surface area contributed by atoms with Crippen molar-refractivity contribution in [1.29, 1.82) is 0 Å². The van der Waals surface area contributed by atoms with Crippen molar-refractivity contribution in [2.45, 2.75) is 12.6 Å². The Balaban J connectivity index is 1.89. The van der Waals surface area contributed by atoms with Crippen molar-refractivity contribution in [3.05, 3.63) is 71.3 Å². The molecule has 0 amide bonds. The highest BCUT2D eigenvalue weighted by atomic mass is 19.4. The minimum atomic E-state index is -4.29. The largest absolute Gasteiger partial charge is 0.416 e. The molecule has 1 nitrogen and oxygen atoms in total. The third kappa shape index (κ3) is 4.23. The molecular formula is C16H14F3N. The van der Waals surface area contributed by atoms with Crippen molar-refractivity contribution in [2.75, 3.05) is 6.54 Å². The van der Waals surface area contributed by atoms with Gasteiger partial charge in [0.05, 0.1) is 5.56 Å². The van der Waals surface area contributed by atoms with Crippen LogP contribution in [0.5, 0.6) is 0 Å². The van der Waals surface area contributed by atoms with Crippen LogP contribution >= 0.6 is 0 Å². The summed E-state index contributed by atoms with van der Waals surface area (Å²) in [4.78, 5) is 4.22. The summed E-state index contributed by atoms with van der Waals surface area (Å²) in [6, 6.07) is 14.9. The first-order valence-corrected chi connectivity index (χ1v) is 6.27. The van der Waals surface area contributed by atoms with Gasteiger partial charge in [0, 0.05) is 12.8 Å². The Labute approximate surface area is 115 Å². The number of aliphatic imine (C=N–C) groups is 1. The van der Waals surface area contributed by atoms with Crippen molar-refractivity contribution >= 4 is 6.21 Å². The summed E-state index contributed by atoms with van der Waals surface area (Å²) in [6.45, 7) is 0.616. The molecule has 0 unspecified atom stereocenters. The second-order valence-corrected chi connectivity index (χ2v) is 4.39. The van der Waals surface area contributed by atoms with Crippen LogP contribution in [0.2, 0.25) is 0 Å². The molecule has 0 spiro atoms. The van der Waals surface area contributed by atoms with Crippen molar-refractivity contribution in [3.63, 3.8) is 0 Å². The molecule has 0 fully saturated rings. The lowest BCUT2D eigenvalue weighted by Gasteiger charge is -2.05. The predicted octanol–water partition coefficient (Wildman–Crippen LogP) is 4.37. The first-order chi connectivity index (χ1) is 9.55. The fourth-order valence-electron chi connectivity index (χ4n) is 1.77. The zero-order chi connectivity index (χ0) is 14.4. The van der Waals surface area contributed by atoms with Gasteiger partial charge in [0.15, 0.2) is 0 Å². The molecule has 0 aliphatic rings. The number of rotatable bonds is 4. The highest BCUT2D eigenvalue weighted by Gasteiger charge is 2.29. The lowest BCUT2D eigenvalue weighted by atomic mass is 10.1. The summed E-state index contributed by atoms with van der Waals surface area (Å²) in [7, 11) is 0. The van der Waals surface area contributed by atoms with E-state index in [0.717, 1.165) is 18.6 Å². The van der Waals surface area contributed by atoms with E-state index in [1.807, 2.05) is 30.3 Å². The van der Waals surface area contributed by atoms with Crippen molar-refractivity contribution in [2.24, 2.45) is 4.99 Å². The van der Waals surface area contributed by atoms with E-state index in [9.17, 15) is 13.2 Å². The minimum absolute atomic E-state index is 0.616. The molecular weight excluding hydrogens is 263 g/mol. The van der Waals surface area contributed by atoms with Crippen LogP contribution in [-0.4, -0.2) is 12.8 Å². The van der Waals surface area contributed by atoms with Crippen LogP contribution in [0.15, 0.2) is 59.6 Å². The van der Waals surface area contributed by atoms with E-state index in [1.54, 1.807) is 6.21 Å². The maximum absolute atomic E-state index is 12.4. The van der Waals surface area contributed by atoms with Gasteiger partial charge in [0.2, 0.25) is 0 Å². The molecule has 0 heterocycles. The third-order valence-electron chi connectivity index (χ3n) is 2.85. The zero-order valence-corrected chi connectivity index (χ0v) is 10.8. The molecule has 4 heteroatoms. The molecule has 2 rings (SSSR count). The first kappa shape index (κ1) is 14.3. The Morgan fingerprint density at radius 1 is 0.900 bits per heavy atom. The Bertz CT molecular complexity index is 557. The zero-order valence-electron chi connectivity index (χ0n) is 10.8. The van der Waals surface area contributed by atoms with Crippen molar-refractivity contribution in [1.82, 2.24) is 0 Å². The molecule has 20 heavy (non-hydrogen) atoms. The van der Waals surface area contributed by atoms with Crippen LogP contribution in [0, 0.1) is 0 Å². The average Bonchev–Trinajstić information content (AvgIpc) is 2.44. The van der Waals surface area contributed by atoms with Gasteiger partial charge in [-0.3, -0.25) is 4.99 Å². The third-order valence-corrected chi connectivity index (χ3v) is 2.85. The highest BCUT2D eigenvalue weighted by molar-refractivity contribution is 5.79. The number of hydrogen-bond donors (Lipinski definition) is 0. The second kappa shape index (κ2) is 6.37. The van der Waals surface area contributed by atoms with Gasteiger partial charge in [-0.15, -0.1) is 0 Å². The van der Waals surface area contributed by atoms with Gasteiger partial charge in [0.25, 0.3) is 0 Å². The molecule has 2 aromatic carbocycles. The summed E-state index contributed by atoms with van der Waals surface area (Å²) in [5.74, 6) is 0. The van der Waals surface area contributed by atoms with E-state index in [0.29, 0.717) is 12.1 Å². The van der Waals surface area contributed by atoms with Gasteiger partial charge >= 0.3 is 6.18 Å². The molecule has 0 N–H and O–H groups in total. The highest BCUT2D eigenvalue weighted by Crippen LogP contribution is 2.28. The second-order valence-electron chi connectivity index (χ2n) is 4.39. The molecule has 2 aromatic rings. The monoisotopic (exact) mass is 277 g/mol. The van der Waals surface area contributed by atoms with Crippen LogP contribution in [0.1, 0.15) is 16.7 Å². The fourth-order valence-corrected chi connectivity index (χ4v) is 1.77. The van der Waals surface area contributed by atoms with Gasteiger partial charge in [-0.2, -0.15) is 13.2 Å². The van der Waals surface area contributed by atoms with E-state index in [1.165, 1.54) is 17.7 Å². The van der Waals surface area contributed by atoms with Crippen LogP contribution < -0.4 is 0 Å². The van der Waals surface area contributed by atoms with Gasteiger partial charge in [-0.05, 0) is 29.7 Å². The van der Waals surface area contributed by atoms with E-state index < -0.39 is 11.7 Å². The Morgan fingerprint density at radius 3 is 2.15 bits per heavy atom. The smallest absolute Gasteiger partial charge is 0.292 e. The SMILES string of the molecule is FC(F)(F)c1ccc(C=NCCc2ccccc2)cc1. The lowest BCUT2D eigenvalue weighted by Crippen LogP contribution is -2.04. The molecule has 104 valence electrons. The predicted molar refractivity (Wildman–Crippen MR) is 74.1 cm³/mol. The van der Waals surface area contributed by atoms with E-state index in [-0.39, 0.29) is 0 Å². The molecule has 0 atom stereocenters. The summed E-state index contributed by atoms with van der Waals surface area (Å²) >= 11 is 0. The lowest BCUT2D eigenvalue weighted by molar-refractivity contribution is -0.137. The number of benzene rings is 2. The number of nitrogens with zero attached hydrogens (tertiary/aromatic N) is 1. The molecule has 0 radical (unpaired) electrons. The van der Waals surface area contributed by atoms with Gasteiger partial charge in [0.1, 0.15) is 0 Å². The fraction of sp³-hybridized carbons (Fsp3) is 0.188. The van der Waals surface area contributed by atoms with E-state index in [2.05, 4.69) is 4.99 Å². The van der Waals surface area contributed by atoms with E-state index in [4.69, 9.17) is 0 Å². The first-order valence-electron chi connectivity index (χ1n) is 6.27. The van der Waals surface area contributed by atoms with Crippen LogP contribution in [0.4, 0.5) is 13.2 Å². The Kier molecular flexibility index (Phi) is 4.56. The van der Waals surface area contributed by atoms with Gasteiger partial charge in [-0.1, -0.05) is 42.5 Å². The topological polar surface area (TPSA) is 12.4 Å². The molecule has 0 aliphatic carbocycles. The molecule has 0 bridgehead atoms. The molecule has 0 saturated carbocycles. The maximum Gasteiger partial charge on any atom is 0.416 e. The minimum Gasteiger partial charge on any atom is -0.292 e. The quantitative estimate of drug-likeness (QED) is 0.736. The van der Waals surface area contributed by atoms with Crippen molar-refractivity contribution < 1.29 is 13.2 Å². The Hall–Kier alpha value is -2.10. The van der Waals surface area contributed by atoms with Crippen molar-refractivity contribution in [3.8, 4) is 0 Å².